The van der Waals surface area contributed by atoms with Crippen LogP contribution >= 0.6 is 0 Å². The third kappa shape index (κ3) is 5.58. The molecule has 9 heteroatoms. The lowest BCUT2D eigenvalue weighted by molar-refractivity contribution is -0.162. The first-order valence-corrected chi connectivity index (χ1v) is 16.3. The number of esters is 1. The summed E-state index contributed by atoms with van der Waals surface area (Å²) in [6, 6.07) is 6.18. The predicted molar refractivity (Wildman–Crippen MR) is 172 cm³/mol. The SMILES string of the molecule is C=CCCCOC(=O)[C@@H]1[C@H]2C(=O)N([C@@H](CO)C(C)C)C(C(=O)N(CC=C)c3ccc(N(CC)CC)cc3)C23CC[C@@]1(CC)O3. The number of aliphatic hydroxyl groups is 1. The molecule has 3 heterocycles. The van der Waals surface area contributed by atoms with Crippen LogP contribution in [-0.2, 0) is 23.9 Å². The Morgan fingerprint density at radius 2 is 1.77 bits per heavy atom. The summed E-state index contributed by atoms with van der Waals surface area (Å²) >= 11 is 0. The average Bonchev–Trinajstić information content (AvgIpc) is 3.63. The molecular formula is C35H51N3O6. The number of benzene rings is 1. The zero-order valence-corrected chi connectivity index (χ0v) is 27.2. The molecule has 0 radical (unpaired) electrons. The van der Waals surface area contributed by atoms with Gasteiger partial charge in [0.15, 0.2) is 0 Å². The largest absolute Gasteiger partial charge is 0.465 e. The number of unbranched alkanes of at least 4 members (excludes halogenated alkanes) is 1. The molecule has 6 atom stereocenters. The summed E-state index contributed by atoms with van der Waals surface area (Å²) in [5.74, 6) is -2.93. The molecule has 2 unspecified atom stereocenters. The minimum Gasteiger partial charge on any atom is -0.465 e. The van der Waals surface area contributed by atoms with Crippen LogP contribution in [0.4, 0.5) is 11.4 Å². The molecule has 242 valence electrons. The first-order valence-electron chi connectivity index (χ1n) is 16.3. The number of aliphatic hydroxyl groups excluding tert-OH is 1. The standard InChI is InChI=1S/C35H51N3O6/c1-8-13-14-22-43-33(42)29-28-31(40)38(27(23-39)24(6)7)30(35(28)20-19-34(29,10-3)44-35)32(41)37(21-9-2)26-17-15-25(16-18-26)36(11-4)12-5/h8-9,15-18,24,27-30,39H,1-2,10-14,19-23H2,3-7H3/t27-,28-,29-,30?,34+,35?/m0/s1. The lowest BCUT2D eigenvalue weighted by atomic mass is 9.65. The summed E-state index contributed by atoms with van der Waals surface area (Å²) < 4.78 is 12.6. The van der Waals surface area contributed by atoms with E-state index in [1.54, 1.807) is 22.0 Å². The van der Waals surface area contributed by atoms with Crippen LogP contribution in [0, 0.1) is 17.8 Å². The topological polar surface area (TPSA) is 99.6 Å². The number of allylic oxidation sites excluding steroid dienone is 1. The van der Waals surface area contributed by atoms with E-state index in [1.807, 2.05) is 45.0 Å². The normalized spacial score (nSPS) is 27.8. The third-order valence-electron chi connectivity index (χ3n) is 10.1. The second kappa shape index (κ2) is 13.9. The van der Waals surface area contributed by atoms with Crippen molar-refractivity contribution in [2.45, 2.75) is 90.0 Å². The fourth-order valence-electron chi connectivity index (χ4n) is 7.79. The average molecular weight is 610 g/mol. The smallest absolute Gasteiger partial charge is 0.312 e. The Hall–Kier alpha value is -3.17. The van der Waals surface area contributed by atoms with E-state index in [1.165, 1.54) is 0 Å². The zero-order chi connectivity index (χ0) is 32.2. The summed E-state index contributed by atoms with van der Waals surface area (Å²) in [7, 11) is 0. The van der Waals surface area contributed by atoms with Crippen molar-refractivity contribution in [2.24, 2.45) is 17.8 Å². The molecule has 0 saturated carbocycles. The van der Waals surface area contributed by atoms with Crippen LogP contribution in [0.15, 0.2) is 49.6 Å². The Labute approximate surface area is 262 Å². The Kier molecular flexibility index (Phi) is 10.6. The molecule has 2 bridgehead atoms. The fraction of sp³-hybridized carbons (Fsp3) is 0.629. The van der Waals surface area contributed by atoms with Gasteiger partial charge in [0.25, 0.3) is 5.91 Å². The number of carbonyl (C=O) groups excluding carboxylic acids is 3. The third-order valence-corrected chi connectivity index (χ3v) is 10.1. The maximum Gasteiger partial charge on any atom is 0.312 e. The number of carbonyl (C=O) groups is 3. The van der Waals surface area contributed by atoms with Gasteiger partial charge in [-0.3, -0.25) is 14.4 Å². The van der Waals surface area contributed by atoms with Gasteiger partial charge in [-0.05, 0) is 76.1 Å². The van der Waals surface area contributed by atoms with Crippen molar-refractivity contribution in [1.82, 2.24) is 4.90 Å². The zero-order valence-electron chi connectivity index (χ0n) is 27.2. The first kappa shape index (κ1) is 33.7. The number of hydrogen-bond acceptors (Lipinski definition) is 7. The van der Waals surface area contributed by atoms with Gasteiger partial charge in [0.05, 0.1) is 30.8 Å². The Morgan fingerprint density at radius 3 is 2.32 bits per heavy atom. The molecule has 1 spiro atoms. The molecular weight excluding hydrogens is 558 g/mol. The van der Waals surface area contributed by atoms with Gasteiger partial charge in [-0.25, -0.2) is 0 Å². The van der Waals surface area contributed by atoms with E-state index in [0.717, 1.165) is 18.8 Å². The number of fused-ring (bicyclic) bond motifs is 1. The van der Waals surface area contributed by atoms with Crippen LogP contribution in [0.1, 0.15) is 66.7 Å². The van der Waals surface area contributed by atoms with Crippen LogP contribution in [0.2, 0.25) is 0 Å². The highest BCUT2D eigenvalue weighted by atomic mass is 16.6. The molecule has 1 aromatic carbocycles. The number of rotatable bonds is 16. The van der Waals surface area contributed by atoms with Gasteiger partial charge in [-0.2, -0.15) is 0 Å². The Balaban J connectivity index is 1.79. The molecule has 3 aliphatic heterocycles. The van der Waals surface area contributed by atoms with E-state index in [2.05, 4.69) is 31.9 Å². The van der Waals surface area contributed by atoms with Crippen molar-refractivity contribution in [3.05, 3.63) is 49.6 Å². The molecule has 0 aromatic heterocycles. The summed E-state index contributed by atoms with van der Waals surface area (Å²) in [6.45, 7) is 19.5. The molecule has 4 rings (SSSR count). The van der Waals surface area contributed by atoms with E-state index in [-0.39, 0.29) is 37.5 Å². The lowest BCUT2D eigenvalue weighted by Gasteiger charge is -2.40. The highest BCUT2D eigenvalue weighted by Crippen LogP contribution is 2.65. The maximum atomic E-state index is 14.9. The highest BCUT2D eigenvalue weighted by molar-refractivity contribution is 6.05. The van der Waals surface area contributed by atoms with E-state index >= 15 is 0 Å². The summed E-state index contributed by atoms with van der Waals surface area (Å²) in [5.41, 5.74) is -0.364. The molecule has 9 nitrogen and oxygen atoms in total. The second-order valence-corrected chi connectivity index (χ2v) is 12.6. The van der Waals surface area contributed by atoms with Crippen LogP contribution < -0.4 is 9.80 Å². The number of ether oxygens (including phenoxy) is 2. The molecule has 1 aromatic rings. The monoisotopic (exact) mass is 609 g/mol. The second-order valence-electron chi connectivity index (χ2n) is 12.6. The van der Waals surface area contributed by atoms with Gasteiger partial charge in [-0.1, -0.05) is 32.9 Å². The maximum absolute atomic E-state index is 14.9. The van der Waals surface area contributed by atoms with Crippen LogP contribution in [-0.4, -0.2) is 83.9 Å². The number of hydrogen-bond donors (Lipinski definition) is 1. The summed E-state index contributed by atoms with van der Waals surface area (Å²) in [4.78, 5) is 48.6. The van der Waals surface area contributed by atoms with Crippen LogP contribution in [0.5, 0.6) is 0 Å². The van der Waals surface area contributed by atoms with Gasteiger partial charge >= 0.3 is 5.97 Å². The first-order chi connectivity index (χ1) is 21.1. The van der Waals surface area contributed by atoms with Gasteiger partial charge < -0.3 is 29.3 Å². The van der Waals surface area contributed by atoms with E-state index in [4.69, 9.17) is 9.47 Å². The van der Waals surface area contributed by atoms with Gasteiger partial charge in [0.1, 0.15) is 17.6 Å². The van der Waals surface area contributed by atoms with E-state index in [0.29, 0.717) is 37.8 Å². The molecule has 1 N–H and O–H groups in total. The summed E-state index contributed by atoms with van der Waals surface area (Å²) in [5, 5.41) is 10.6. The number of nitrogens with zero attached hydrogens (tertiary/aromatic N) is 3. The molecule has 3 saturated heterocycles. The van der Waals surface area contributed by atoms with E-state index < -0.39 is 41.1 Å². The molecule has 2 amide bonds. The van der Waals surface area contributed by atoms with Gasteiger partial charge in [0, 0.05) is 31.0 Å². The van der Waals surface area contributed by atoms with Crippen molar-refractivity contribution in [1.29, 1.82) is 0 Å². The van der Waals surface area contributed by atoms with Crippen molar-refractivity contribution >= 4 is 29.2 Å². The van der Waals surface area contributed by atoms with E-state index in [9.17, 15) is 19.5 Å². The minimum absolute atomic E-state index is 0.141. The quantitative estimate of drug-likeness (QED) is 0.164. The predicted octanol–water partition coefficient (Wildman–Crippen LogP) is 4.73. The molecule has 3 fully saturated rings. The van der Waals surface area contributed by atoms with Gasteiger partial charge in [-0.15, -0.1) is 13.2 Å². The lowest BCUT2D eigenvalue weighted by Crippen LogP contribution is -2.60. The van der Waals surface area contributed by atoms with Crippen molar-refractivity contribution in [2.75, 3.05) is 42.6 Å². The number of anilines is 2. The summed E-state index contributed by atoms with van der Waals surface area (Å²) in [6.07, 6.45) is 6.32. The van der Waals surface area contributed by atoms with Crippen molar-refractivity contribution in [3.8, 4) is 0 Å². The number of likely N-dealkylation sites (tertiary alicyclic amines) is 1. The molecule has 0 aliphatic carbocycles. The molecule has 3 aliphatic rings. The van der Waals surface area contributed by atoms with Crippen LogP contribution in [0.25, 0.3) is 0 Å². The Morgan fingerprint density at radius 1 is 1.11 bits per heavy atom. The fourth-order valence-corrected chi connectivity index (χ4v) is 7.79. The van der Waals surface area contributed by atoms with Gasteiger partial charge in [0.2, 0.25) is 5.91 Å². The minimum atomic E-state index is -1.21. The van der Waals surface area contributed by atoms with Crippen LogP contribution in [0.3, 0.4) is 0 Å². The Bertz CT molecular complexity index is 1210. The number of amides is 2. The van der Waals surface area contributed by atoms with Crippen molar-refractivity contribution in [3.63, 3.8) is 0 Å². The van der Waals surface area contributed by atoms with Crippen molar-refractivity contribution < 1.29 is 29.0 Å². The molecule has 44 heavy (non-hydrogen) atoms. The highest BCUT2D eigenvalue weighted by Gasteiger charge is 2.79.